The van der Waals surface area contributed by atoms with Crippen LogP contribution in [0.4, 0.5) is 0 Å². The highest BCUT2D eigenvalue weighted by Crippen LogP contribution is 2.38. The number of carbonyl (C=O) groups is 1. The van der Waals surface area contributed by atoms with E-state index in [-0.39, 0.29) is 5.91 Å². The third kappa shape index (κ3) is 4.59. The summed E-state index contributed by atoms with van der Waals surface area (Å²) in [5, 5.41) is 0. The van der Waals surface area contributed by atoms with Gasteiger partial charge >= 0.3 is 0 Å². The Kier molecular flexibility index (Phi) is 7.20. The van der Waals surface area contributed by atoms with Gasteiger partial charge in [-0.3, -0.25) is 4.79 Å². The number of quaternary nitrogens is 1. The van der Waals surface area contributed by atoms with Gasteiger partial charge in [-0.1, -0.05) is 60.7 Å². The molecule has 3 heteroatoms. The molecule has 0 radical (unpaired) electrons. The van der Waals surface area contributed by atoms with Crippen molar-refractivity contribution in [1.29, 1.82) is 0 Å². The minimum absolute atomic E-state index is 0.155. The van der Waals surface area contributed by atoms with Crippen LogP contribution in [0.25, 0.3) is 0 Å². The molecule has 0 atom stereocenters. The molecule has 0 unspecified atom stereocenters. The molecule has 0 bridgehead atoms. The molecule has 0 saturated carbocycles. The number of carbonyl (C=O) groups excluding carboxylic acids is 1. The van der Waals surface area contributed by atoms with Crippen molar-refractivity contribution in [1.82, 2.24) is 4.90 Å². The number of hydrogen-bond acceptors (Lipinski definition) is 1. The summed E-state index contributed by atoms with van der Waals surface area (Å²) in [5.74, 6) is 0.155. The molecule has 0 aromatic heterocycles. The summed E-state index contributed by atoms with van der Waals surface area (Å²) in [6.45, 7) is 7.80. The molecule has 0 aliphatic rings. The zero-order chi connectivity index (χ0) is 19.9. The molecule has 3 nitrogen and oxygen atoms in total. The summed E-state index contributed by atoms with van der Waals surface area (Å²) in [4.78, 5) is 15.3. The monoisotopic (exact) mass is 367 g/mol. The predicted octanol–water partition coefficient (Wildman–Crippen LogP) is 4.33. The highest BCUT2D eigenvalue weighted by atomic mass is 16.2. The van der Waals surface area contributed by atoms with E-state index >= 15 is 0 Å². The molecule has 2 aromatic rings. The molecule has 0 aliphatic heterocycles. The second kappa shape index (κ2) is 9.18. The van der Waals surface area contributed by atoms with Crippen molar-refractivity contribution >= 4 is 5.91 Å². The van der Waals surface area contributed by atoms with Gasteiger partial charge in [0.25, 0.3) is 0 Å². The van der Waals surface area contributed by atoms with Crippen LogP contribution in [0.5, 0.6) is 0 Å². The Morgan fingerprint density at radius 2 is 1.33 bits per heavy atom. The van der Waals surface area contributed by atoms with Gasteiger partial charge < -0.3 is 9.38 Å². The van der Waals surface area contributed by atoms with Crippen molar-refractivity contribution in [3.8, 4) is 0 Å². The van der Waals surface area contributed by atoms with E-state index in [1.165, 1.54) is 0 Å². The Morgan fingerprint density at radius 3 is 1.70 bits per heavy atom. The van der Waals surface area contributed by atoms with Crippen LogP contribution < -0.4 is 0 Å². The largest absolute Gasteiger partial charge is 0.348 e. The van der Waals surface area contributed by atoms with Crippen molar-refractivity contribution in [2.45, 2.75) is 32.1 Å². The van der Waals surface area contributed by atoms with Crippen molar-refractivity contribution in [2.75, 3.05) is 40.8 Å². The van der Waals surface area contributed by atoms with E-state index in [0.29, 0.717) is 0 Å². The first-order chi connectivity index (χ1) is 12.9. The molecule has 0 fully saturated rings. The third-order valence-corrected chi connectivity index (χ3v) is 6.08. The maximum atomic E-state index is 13.6. The van der Waals surface area contributed by atoms with Gasteiger partial charge in [-0.25, -0.2) is 0 Å². The Morgan fingerprint density at radius 1 is 0.889 bits per heavy atom. The Labute approximate surface area is 165 Å². The van der Waals surface area contributed by atoms with Crippen LogP contribution in [-0.4, -0.2) is 56.1 Å². The predicted molar refractivity (Wildman–Crippen MR) is 114 cm³/mol. The third-order valence-electron chi connectivity index (χ3n) is 6.08. The quantitative estimate of drug-likeness (QED) is 0.604. The summed E-state index contributed by atoms with van der Waals surface area (Å²) < 4.78 is 1.04. The average molecular weight is 368 g/mol. The smallest absolute Gasteiger partial charge is 0.237 e. The van der Waals surface area contributed by atoms with Crippen LogP contribution in [0.3, 0.4) is 0 Å². The molecule has 27 heavy (non-hydrogen) atoms. The first-order valence-corrected chi connectivity index (χ1v) is 10.1. The molecule has 2 rings (SSSR count). The maximum Gasteiger partial charge on any atom is 0.237 e. The van der Waals surface area contributed by atoms with E-state index in [9.17, 15) is 4.79 Å². The second-order valence-corrected chi connectivity index (χ2v) is 7.92. The summed E-state index contributed by atoms with van der Waals surface area (Å²) >= 11 is 0. The SMILES string of the molecule is CC[N+](C)(CC)CCCC(C(=O)N(C)C)(c1ccccc1)c1ccccc1. The molecular formula is C24H35N2O+. The fourth-order valence-corrected chi connectivity index (χ4v) is 3.90. The minimum atomic E-state index is -0.641. The average Bonchev–Trinajstić information content (AvgIpc) is 2.72. The molecule has 0 spiro atoms. The van der Waals surface area contributed by atoms with Gasteiger partial charge in [0.1, 0.15) is 0 Å². The first kappa shape index (κ1) is 21.2. The van der Waals surface area contributed by atoms with E-state index in [1.54, 1.807) is 4.90 Å². The van der Waals surface area contributed by atoms with Crippen LogP contribution in [0.2, 0.25) is 0 Å². The van der Waals surface area contributed by atoms with Crippen LogP contribution in [0.15, 0.2) is 60.7 Å². The lowest BCUT2D eigenvalue weighted by Gasteiger charge is -2.38. The summed E-state index contributed by atoms with van der Waals surface area (Å²) in [5.41, 5.74) is 1.52. The van der Waals surface area contributed by atoms with E-state index in [1.807, 2.05) is 50.5 Å². The molecular weight excluding hydrogens is 332 g/mol. The van der Waals surface area contributed by atoms with E-state index in [0.717, 1.165) is 48.1 Å². The fraction of sp³-hybridized carbons (Fsp3) is 0.458. The first-order valence-electron chi connectivity index (χ1n) is 10.1. The molecule has 2 aromatic carbocycles. The van der Waals surface area contributed by atoms with Crippen molar-refractivity contribution < 1.29 is 9.28 Å². The Bertz CT molecular complexity index is 666. The van der Waals surface area contributed by atoms with Crippen LogP contribution in [-0.2, 0) is 10.2 Å². The molecule has 0 aliphatic carbocycles. The lowest BCUT2D eigenvalue weighted by Crippen LogP contribution is -2.47. The maximum absolute atomic E-state index is 13.6. The van der Waals surface area contributed by atoms with Crippen LogP contribution >= 0.6 is 0 Å². The standard InChI is InChI=1S/C24H35N2O/c1-6-26(5,7-2)20-14-19-24(23(27)25(3)4,21-15-10-8-11-16-21)22-17-12-9-13-18-22/h8-13,15-18H,6-7,14,19-20H2,1-5H3/q+1. The Balaban J connectivity index is 2.50. The summed E-state index contributed by atoms with van der Waals surface area (Å²) in [6, 6.07) is 20.6. The molecule has 0 saturated heterocycles. The van der Waals surface area contributed by atoms with Crippen molar-refractivity contribution in [2.24, 2.45) is 0 Å². The van der Waals surface area contributed by atoms with E-state index in [2.05, 4.69) is 45.2 Å². The van der Waals surface area contributed by atoms with Crippen molar-refractivity contribution in [3.63, 3.8) is 0 Å². The number of rotatable bonds is 9. The van der Waals surface area contributed by atoms with E-state index in [4.69, 9.17) is 0 Å². The van der Waals surface area contributed by atoms with Crippen molar-refractivity contribution in [3.05, 3.63) is 71.8 Å². The number of amides is 1. The zero-order valence-corrected chi connectivity index (χ0v) is 17.6. The van der Waals surface area contributed by atoms with Gasteiger partial charge in [-0.2, -0.15) is 0 Å². The number of nitrogens with zero attached hydrogens (tertiary/aromatic N) is 2. The molecule has 0 heterocycles. The number of benzene rings is 2. The van der Waals surface area contributed by atoms with Gasteiger partial charge in [0, 0.05) is 14.1 Å². The van der Waals surface area contributed by atoms with Gasteiger partial charge in [0.2, 0.25) is 5.91 Å². The second-order valence-electron chi connectivity index (χ2n) is 7.92. The van der Waals surface area contributed by atoms with Crippen LogP contribution in [0.1, 0.15) is 37.8 Å². The fourth-order valence-electron chi connectivity index (χ4n) is 3.90. The van der Waals surface area contributed by atoms with Crippen LogP contribution in [0, 0.1) is 0 Å². The van der Waals surface area contributed by atoms with Gasteiger partial charge in [-0.15, -0.1) is 0 Å². The lowest BCUT2D eigenvalue weighted by molar-refractivity contribution is -0.906. The summed E-state index contributed by atoms with van der Waals surface area (Å²) in [7, 11) is 6.03. The van der Waals surface area contributed by atoms with Gasteiger partial charge in [-0.05, 0) is 37.8 Å². The highest BCUT2D eigenvalue weighted by Gasteiger charge is 2.42. The highest BCUT2D eigenvalue weighted by molar-refractivity contribution is 5.91. The number of hydrogen-bond donors (Lipinski definition) is 0. The molecule has 1 amide bonds. The normalized spacial score (nSPS) is 12.0. The zero-order valence-electron chi connectivity index (χ0n) is 17.6. The lowest BCUT2D eigenvalue weighted by atomic mass is 9.70. The van der Waals surface area contributed by atoms with Gasteiger partial charge in [0.15, 0.2) is 0 Å². The van der Waals surface area contributed by atoms with Gasteiger partial charge in [0.05, 0.1) is 32.1 Å². The topological polar surface area (TPSA) is 20.3 Å². The minimum Gasteiger partial charge on any atom is -0.348 e. The molecule has 0 N–H and O–H groups in total. The Hall–Kier alpha value is -2.13. The molecule has 146 valence electrons. The van der Waals surface area contributed by atoms with E-state index < -0.39 is 5.41 Å². The summed E-state index contributed by atoms with van der Waals surface area (Å²) in [6.07, 6.45) is 1.81. The number of likely N-dealkylation sites (N-methyl/N-ethyl adjacent to an activating group) is 1.